The Morgan fingerprint density at radius 2 is 2.00 bits per heavy atom. The SMILES string of the molecule is CC(NC(=O)CC1CCCCC1)C(=O)N1CCNC[C@H]1C. The lowest BCUT2D eigenvalue weighted by molar-refractivity contribution is -0.138. The lowest BCUT2D eigenvalue weighted by atomic mass is 9.87. The Hall–Kier alpha value is -1.10. The van der Waals surface area contributed by atoms with Gasteiger partial charge in [-0.15, -0.1) is 0 Å². The molecular weight excluding hydrogens is 266 g/mol. The van der Waals surface area contributed by atoms with E-state index in [4.69, 9.17) is 0 Å². The molecule has 1 heterocycles. The third kappa shape index (κ3) is 4.70. The number of amides is 2. The molecular formula is C16H29N3O2. The molecule has 0 aromatic heterocycles. The van der Waals surface area contributed by atoms with Crippen LogP contribution in [0.5, 0.6) is 0 Å². The van der Waals surface area contributed by atoms with Crippen LogP contribution in [0.2, 0.25) is 0 Å². The van der Waals surface area contributed by atoms with Crippen LogP contribution < -0.4 is 10.6 Å². The van der Waals surface area contributed by atoms with E-state index in [1.54, 1.807) is 6.92 Å². The maximum atomic E-state index is 12.4. The van der Waals surface area contributed by atoms with Gasteiger partial charge < -0.3 is 15.5 Å². The fourth-order valence-electron chi connectivity index (χ4n) is 3.43. The van der Waals surface area contributed by atoms with Gasteiger partial charge in [-0.1, -0.05) is 19.3 Å². The number of piperazine rings is 1. The van der Waals surface area contributed by atoms with Crippen molar-refractivity contribution < 1.29 is 9.59 Å². The van der Waals surface area contributed by atoms with Gasteiger partial charge in [-0.25, -0.2) is 0 Å². The van der Waals surface area contributed by atoms with Crippen LogP contribution in [0, 0.1) is 5.92 Å². The van der Waals surface area contributed by atoms with Crippen LogP contribution in [-0.2, 0) is 9.59 Å². The number of nitrogens with zero attached hydrogens (tertiary/aromatic N) is 1. The van der Waals surface area contributed by atoms with E-state index >= 15 is 0 Å². The fourth-order valence-corrected chi connectivity index (χ4v) is 3.43. The first kappa shape index (κ1) is 16.3. The number of nitrogens with one attached hydrogen (secondary N) is 2. The molecule has 2 fully saturated rings. The Bertz CT molecular complexity index is 367. The van der Waals surface area contributed by atoms with Gasteiger partial charge in [-0.05, 0) is 32.6 Å². The number of rotatable bonds is 4. The average molecular weight is 295 g/mol. The zero-order chi connectivity index (χ0) is 15.2. The molecule has 2 atom stereocenters. The Morgan fingerprint density at radius 3 is 2.67 bits per heavy atom. The van der Waals surface area contributed by atoms with Crippen LogP contribution >= 0.6 is 0 Å². The molecule has 0 aromatic carbocycles. The van der Waals surface area contributed by atoms with Gasteiger partial charge in [0.05, 0.1) is 0 Å². The van der Waals surface area contributed by atoms with Crippen LogP contribution in [0.4, 0.5) is 0 Å². The van der Waals surface area contributed by atoms with Gasteiger partial charge >= 0.3 is 0 Å². The van der Waals surface area contributed by atoms with Crippen molar-refractivity contribution in [3.05, 3.63) is 0 Å². The monoisotopic (exact) mass is 295 g/mol. The second kappa shape index (κ2) is 7.78. The van der Waals surface area contributed by atoms with Crippen molar-refractivity contribution in [2.75, 3.05) is 19.6 Å². The molecule has 0 aromatic rings. The first-order valence-corrected chi connectivity index (χ1v) is 8.38. The van der Waals surface area contributed by atoms with Crippen molar-refractivity contribution in [3.63, 3.8) is 0 Å². The summed E-state index contributed by atoms with van der Waals surface area (Å²) in [5.41, 5.74) is 0. The summed E-state index contributed by atoms with van der Waals surface area (Å²) in [6.45, 7) is 6.23. The van der Waals surface area contributed by atoms with Gasteiger partial charge in [-0.2, -0.15) is 0 Å². The van der Waals surface area contributed by atoms with E-state index in [2.05, 4.69) is 10.6 Å². The molecule has 1 unspecified atom stereocenters. The summed E-state index contributed by atoms with van der Waals surface area (Å²) < 4.78 is 0. The van der Waals surface area contributed by atoms with E-state index in [-0.39, 0.29) is 17.9 Å². The first-order valence-electron chi connectivity index (χ1n) is 8.38. The molecule has 1 aliphatic carbocycles. The highest BCUT2D eigenvalue weighted by Gasteiger charge is 2.28. The molecule has 5 nitrogen and oxygen atoms in total. The molecule has 0 radical (unpaired) electrons. The van der Waals surface area contributed by atoms with Crippen LogP contribution in [-0.4, -0.2) is 48.4 Å². The highest BCUT2D eigenvalue weighted by molar-refractivity contribution is 5.87. The number of carbonyl (C=O) groups excluding carboxylic acids is 2. The van der Waals surface area contributed by atoms with Gasteiger partial charge in [0.25, 0.3) is 0 Å². The normalized spacial score (nSPS) is 25.4. The third-order valence-corrected chi connectivity index (χ3v) is 4.73. The van der Waals surface area contributed by atoms with E-state index in [0.29, 0.717) is 12.3 Å². The van der Waals surface area contributed by atoms with E-state index in [9.17, 15) is 9.59 Å². The maximum absolute atomic E-state index is 12.4. The van der Waals surface area contributed by atoms with Crippen molar-refractivity contribution in [2.24, 2.45) is 5.92 Å². The minimum Gasteiger partial charge on any atom is -0.345 e. The molecule has 0 spiro atoms. The molecule has 2 amide bonds. The van der Waals surface area contributed by atoms with E-state index in [1.165, 1.54) is 19.3 Å². The summed E-state index contributed by atoms with van der Waals surface area (Å²) in [5.74, 6) is 0.589. The maximum Gasteiger partial charge on any atom is 0.245 e. The number of hydrogen-bond donors (Lipinski definition) is 2. The average Bonchev–Trinajstić information content (AvgIpc) is 2.48. The molecule has 1 saturated carbocycles. The molecule has 21 heavy (non-hydrogen) atoms. The van der Waals surface area contributed by atoms with Crippen molar-refractivity contribution in [1.29, 1.82) is 0 Å². The van der Waals surface area contributed by atoms with Crippen molar-refractivity contribution in [2.45, 2.75) is 64.5 Å². The molecule has 2 rings (SSSR count). The van der Waals surface area contributed by atoms with Crippen molar-refractivity contribution in [3.8, 4) is 0 Å². The smallest absolute Gasteiger partial charge is 0.245 e. The third-order valence-electron chi connectivity index (χ3n) is 4.73. The van der Waals surface area contributed by atoms with Crippen LogP contribution in [0.15, 0.2) is 0 Å². The molecule has 1 saturated heterocycles. The van der Waals surface area contributed by atoms with Crippen LogP contribution in [0.25, 0.3) is 0 Å². The standard InChI is InChI=1S/C16H29N3O2/c1-12-11-17-8-9-19(12)16(21)13(2)18-15(20)10-14-6-4-3-5-7-14/h12-14,17H,3-11H2,1-2H3,(H,18,20)/t12-,13?/m1/s1. The quantitative estimate of drug-likeness (QED) is 0.821. The molecule has 2 aliphatic rings. The second-order valence-corrected chi connectivity index (χ2v) is 6.58. The minimum absolute atomic E-state index is 0.0329. The Balaban J connectivity index is 1.77. The molecule has 1 aliphatic heterocycles. The van der Waals surface area contributed by atoms with Gasteiger partial charge in [0.1, 0.15) is 6.04 Å². The molecule has 0 bridgehead atoms. The van der Waals surface area contributed by atoms with Gasteiger partial charge in [0.15, 0.2) is 0 Å². The predicted octanol–water partition coefficient (Wildman–Crippen LogP) is 1.28. The van der Waals surface area contributed by atoms with E-state index < -0.39 is 6.04 Å². The van der Waals surface area contributed by atoms with Gasteiger partial charge in [0, 0.05) is 32.1 Å². The number of carbonyl (C=O) groups is 2. The summed E-state index contributed by atoms with van der Waals surface area (Å²) >= 11 is 0. The molecule has 2 N–H and O–H groups in total. The topological polar surface area (TPSA) is 61.4 Å². The van der Waals surface area contributed by atoms with Crippen molar-refractivity contribution in [1.82, 2.24) is 15.5 Å². The Labute approximate surface area is 127 Å². The summed E-state index contributed by atoms with van der Waals surface area (Å²) in [7, 11) is 0. The summed E-state index contributed by atoms with van der Waals surface area (Å²) in [5, 5.41) is 6.17. The zero-order valence-corrected chi connectivity index (χ0v) is 13.4. The predicted molar refractivity (Wildman–Crippen MR) is 82.8 cm³/mol. The minimum atomic E-state index is -0.415. The number of hydrogen-bond acceptors (Lipinski definition) is 3. The molecule has 120 valence electrons. The second-order valence-electron chi connectivity index (χ2n) is 6.58. The first-order chi connectivity index (χ1) is 10.1. The summed E-state index contributed by atoms with van der Waals surface area (Å²) in [6, 6.07) is -0.217. The van der Waals surface area contributed by atoms with Crippen molar-refractivity contribution >= 4 is 11.8 Å². The summed E-state index contributed by atoms with van der Waals surface area (Å²) in [6.07, 6.45) is 6.67. The Kier molecular flexibility index (Phi) is 6.03. The van der Waals surface area contributed by atoms with E-state index in [0.717, 1.165) is 32.5 Å². The largest absolute Gasteiger partial charge is 0.345 e. The highest BCUT2D eigenvalue weighted by atomic mass is 16.2. The lowest BCUT2D eigenvalue weighted by Crippen LogP contribution is -2.57. The van der Waals surface area contributed by atoms with Gasteiger partial charge in [-0.3, -0.25) is 9.59 Å². The highest BCUT2D eigenvalue weighted by Crippen LogP contribution is 2.26. The summed E-state index contributed by atoms with van der Waals surface area (Å²) in [4.78, 5) is 26.4. The fraction of sp³-hybridized carbons (Fsp3) is 0.875. The van der Waals surface area contributed by atoms with Crippen LogP contribution in [0.1, 0.15) is 52.4 Å². The lowest BCUT2D eigenvalue weighted by Gasteiger charge is -2.35. The Morgan fingerprint density at radius 1 is 1.29 bits per heavy atom. The van der Waals surface area contributed by atoms with Gasteiger partial charge in [0.2, 0.25) is 11.8 Å². The molecule has 5 heteroatoms. The van der Waals surface area contributed by atoms with Crippen LogP contribution in [0.3, 0.4) is 0 Å². The van der Waals surface area contributed by atoms with E-state index in [1.807, 2.05) is 11.8 Å². The zero-order valence-electron chi connectivity index (χ0n) is 13.4.